The van der Waals surface area contributed by atoms with Crippen molar-refractivity contribution < 1.29 is 4.42 Å². The van der Waals surface area contributed by atoms with Crippen LogP contribution in [0.2, 0.25) is 0 Å². The van der Waals surface area contributed by atoms with Crippen LogP contribution in [0.15, 0.2) is 34.4 Å². The van der Waals surface area contributed by atoms with Gasteiger partial charge in [0, 0.05) is 17.6 Å². The molecule has 3 rings (SSSR count). The Morgan fingerprint density at radius 3 is 3.10 bits per heavy atom. The zero-order valence-corrected chi connectivity index (χ0v) is 12.9. The van der Waals surface area contributed by atoms with Gasteiger partial charge in [-0.15, -0.1) is 22.7 Å². The highest BCUT2D eigenvalue weighted by Crippen LogP contribution is 2.33. The SMILES string of the molecule is CCC(C)Nc1nc(-c2cnc(-c3ccco3)s2)cs1. The molecule has 3 aromatic rings. The monoisotopic (exact) mass is 305 g/mol. The van der Waals surface area contributed by atoms with E-state index in [1.54, 1.807) is 28.9 Å². The maximum absolute atomic E-state index is 5.36. The second-order valence-electron chi connectivity index (χ2n) is 4.50. The largest absolute Gasteiger partial charge is 0.462 e. The Morgan fingerprint density at radius 2 is 2.35 bits per heavy atom. The van der Waals surface area contributed by atoms with E-state index in [2.05, 4.69) is 34.5 Å². The maximum Gasteiger partial charge on any atom is 0.183 e. The zero-order chi connectivity index (χ0) is 13.9. The van der Waals surface area contributed by atoms with E-state index in [1.165, 1.54) is 0 Å². The van der Waals surface area contributed by atoms with Crippen LogP contribution in [0, 0.1) is 0 Å². The molecule has 0 bridgehead atoms. The Bertz CT molecular complexity index is 672. The number of hydrogen-bond donors (Lipinski definition) is 1. The van der Waals surface area contributed by atoms with Crippen molar-refractivity contribution in [3.05, 3.63) is 30.0 Å². The predicted octanol–water partition coefficient (Wildman–Crippen LogP) is 4.74. The van der Waals surface area contributed by atoms with Crippen molar-refractivity contribution in [2.24, 2.45) is 0 Å². The fourth-order valence-corrected chi connectivity index (χ4v) is 3.42. The number of anilines is 1. The summed E-state index contributed by atoms with van der Waals surface area (Å²) < 4.78 is 5.36. The summed E-state index contributed by atoms with van der Waals surface area (Å²) in [6.07, 6.45) is 4.59. The van der Waals surface area contributed by atoms with Gasteiger partial charge in [-0.3, -0.25) is 0 Å². The Hall–Kier alpha value is -1.66. The number of rotatable bonds is 5. The van der Waals surface area contributed by atoms with Gasteiger partial charge in [0.25, 0.3) is 0 Å². The van der Waals surface area contributed by atoms with Gasteiger partial charge < -0.3 is 9.73 Å². The molecule has 0 saturated heterocycles. The molecule has 3 heterocycles. The van der Waals surface area contributed by atoms with Gasteiger partial charge >= 0.3 is 0 Å². The summed E-state index contributed by atoms with van der Waals surface area (Å²) >= 11 is 3.22. The van der Waals surface area contributed by atoms with Crippen molar-refractivity contribution in [1.82, 2.24) is 9.97 Å². The topological polar surface area (TPSA) is 51.0 Å². The lowest BCUT2D eigenvalue weighted by Crippen LogP contribution is -2.12. The van der Waals surface area contributed by atoms with Crippen LogP contribution < -0.4 is 5.32 Å². The Morgan fingerprint density at radius 1 is 1.45 bits per heavy atom. The Labute approximate surface area is 125 Å². The number of nitrogens with zero attached hydrogens (tertiary/aromatic N) is 2. The van der Waals surface area contributed by atoms with Crippen LogP contribution in [0.5, 0.6) is 0 Å². The molecular weight excluding hydrogens is 290 g/mol. The van der Waals surface area contributed by atoms with E-state index in [0.717, 1.165) is 32.9 Å². The molecule has 0 spiro atoms. The standard InChI is InChI=1S/C14H15N3OS2/c1-3-9(2)16-14-17-10(8-19-14)12-7-15-13(20-12)11-5-4-6-18-11/h4-9H,3H2,1-2H3,(H,16,17). The molecule has 3 aromatic heterocycles. The smallest absolute Gasteiger partial charge is 0.183 e. The second-order valence-corrected chi connectivity index (χ2v) is 6.39. The van der Waals surface area contributed by atoms with Crippen molar-refractivity contribution in [3.8, 4) is 21.3 Å². The van der Waals surface area contributed by atoms with Gasteiger partial charge in [0.15, 0.2) is 15.9 Å². The molecule has 0 aromatic carbocycles. The first kappa shape index (κ1) is 13.3. The minimum atomic E-state index is 0.439. The van der Waals surface area contributed by atoms with E-state index in [0.29, 0.717) is 6.04 Å². The van der Waals surface area contributed by atoms with Crippen LogP contribution in [0.3, 0.4) is 0 Å². The first-order chi connectivity index (χ1) is 9.76. The molecule has 1 N–H and O–H groups in total. The van der Waals surface area contributed by atoms with Crippen molar-refractivity contribution in [1.29, 1.82) is 0 Å². The lowest BCUT2D eigenvalue weighted by Gasteiger charge is -2.08. The third kappa shape index (κ3) is 2.76. The van der Waals surface area contributed by atoms with Crippen LogP contribution in [-0.2, 0) is 0 Å². The summed E-state index contributed by atoms with van der Waals surface area (Å²) in [4.78, 5) is 10.1. The molecule has 4 nitrogen and oxygen atoms in total. The van der Waals surface area contributed by atoms with Gasteiger partial charge in [0.1, 0.15) is 0 Å². The lowest BCUT2D eigenvalue weighted by molar-refractivity contribution is 0.582. The van der Waals surface area contributed by atoms with Gasteiger partial charge in [0.2, 0.25) is 0 Å². The summed E-state index contributed by atoms with van der Waals surface area (Å²) in [6.45, 7) is 4.31. The summed E-state index contributed by atoms with van der Waals surface area (Å²) in [5.74, 6) is 0.800. The highest BCUT2D eigenvalue weighted by atomic mass is 32.1. The molecule has 0 aliphatic heterocycles. The number of aromatic nitrogens is 2. The zero-order valence-electron chi connectivity index (χ0n) is 11.3. The molecule has 1 unspecified atom stereocenters. The average Bonchev–Trinajstić information content (AvgIpc) is 3.18. The molecule has 0 amide bonds. The molecule has 0 aliphatic rings. The van der Waals surface area contributed by atoms with Crippen molar-refractivity contribution in [3.63, 3.8) is 0 Å². The lowest BCUT2D eigenvalue weighted by atomic mass is 10.3. The van der Waals surface area contributed by atoms with Gasteiger partial charge in [-0.25, -0.2) is 9.97 Å². The third-order valence-corrected chi connectivity index (χ3v) is 4.78. The Balaban J connectivity index is 1.80. The minimum Gasteiger partial charge on any atom is -0.462 e. The molecule has 104 valence electrons. The summed E-state index contributed by atoms with van der Waals surface area (Å²) in [7, 11) is 0. The average molecular weight is 305 g/mol. The molecule has 0 fully saturated rings. The van der Waals surface area contributed by atoms with Crippen LogP contribution in [0.1, 0.15) is 20.3 Å². The van der Waals surface area contributed by atoms with E-state index in [-0.39, 0.29) is 0 Å². The van der Waals surface area contributed by atoms with Gasteiger partial charge in [-0.2, -0.15) is 0 Å². The van der Waals surface area contributed by atoms with Crippen molar-refractivity contribution in [2.75, 3.05) is 5.32 Å². The van der Waals surface area contributed by atoms with E-state index in [1.807, 2.05) is 18.3 Å². The first-order valence-electron chi connectivity index (χ1n) is 6.48. The van der Waals surface area contributed by atoms with E-state index in [9.17, 15) is 0 Å². The molecule has 0 saturated carbocycles. The van der Waals surface area contributed by atoms with E-state index < -0.39 is 0 Å². The van der Waals surface area contributed by atoms with Crippen LogP contribution in [0.4, 0.5) is 5.13 Å². The molecule has 6 heteroatoms. The number of thiazole rings is 2. The number of furan rings is 1. The number of nitrogens with one attached hydrogen (secondary N) is 1. The summed E-state index contributed by atoms with van der Waals surface area (Å²) in [6, 6.07) is 4.22. The first-order valence-corrected chi connectivity index (χ1v) is 8.18. The van der Waals surface area contributed by atoms with Gasteiger partial charge in [0.05, 0.1) is 16.8 Å². The predicted molar refractivity (Wildman–Crippen MR) is 84.3 cm³/mol. The molecule has 1 atom stereocenters. The maximum atomic E-state index is 5.36. The normalized spacial score (nSPS) is 12.5. The molecule has 20 heavy (non-hydrogen) atoms. The molecule has 0 aliphatic carbocycles. The van der Waals surface area contributed by atoms with Crippen molar-refractivity contribution in [2.45, 2.75) is 26.3 Å². The third-order valence-electron chi connectivity index (χ3n) is 2.98. The summed E-state index contributed by atoms with van der Waals surface area (Å²) in [5.41, 5.74) is 0.969. The van der Waals surface area contributed by atoms with Gasteiger partial charge in [-0.05, 0) is 25.5 Å². The fraction of sp³-hybridized carbons (Fsp3) is 0.286. The molecule has 0 radical (unpaired) electrons. The fourth-order valence-electron chi connectivity index (χ4n) is 1.67. The van der Waals surface area contributed by atoms with E-state index >= 15 is 0 Å². The highest BCUT2D eigenvalue weighted by molar-refractivity contribution is 7.19. The van der Waals surface area contributed by atoms with Crippen LogP contribution in [0.25, 0.3) is 21.3 Å². The second kappa shape index (κ2) is 5.76. The minimum absolute atomic E-state index is 0.439. The van der Waals surface area contributed by atoms with Crippen LogP contribution >= 0.6 is 22.7 Å². The molecular formula is C14H15N3OS2. The van der Waals surface area contributed by atoms with Crippen LogP contribution in [-0.4, -0.2) is 16.0 Å². The number of hydrogen-bond acceptors (Lipinski definition) is 6. The van der Waals surface area contributed by atoms with E-state index in [4.69, 9.17) is 4.42 Å². The summed E-state index contributed by atoms with van der Waals surface area (Å²) in [5, 5.41) is 7.29. The highest BCUT2D eigenvalue weighted by Gasteiger charge is 2.12. The quantitative estimate of drug-likeness (QED) is 0.740. The van der Waals surface area contributed by atoms with Crippen molar-refractivity contribution >= 4 is 27.8 Å². The Kier molecular flexibility index (Phi) is 3.84. The van der Waals surface area contributed by atoms with Gasteiger partial charge in [-0.1, -0.05) is 6.92 Å².